The third kappa shape index (κ3) is 6.81. The molecule has 148 valence electrons. The van der Waals surface area contributed by atoms with Gasteiger partial charge in [0.05, 0.1) is 0 Å². The lowest BCUT2D eigenvalue weighted by atomic mass is 10.1. The van der Waals surface area contributed by atoms with Crippen molar-refractivity contribution in [2.45, 2.75) is 26.5 Å². The molecule has 5 nitrogen and oxygen atoms in total. The second-order valence-electron chi connectivity index (χ2n) is 6.79. The number of amides is 2. The highest BCUT2D eigenvalue weighted by molar-refractivity contribution is 6.03. The van der Waals surface area contributed by atoms with Crippen molar-refractivity contribution in [2.24, 2.45) is 0 Å². The maximum Gasteiger partial charge on any atom is 0.233 e. The first kappa shape index (κ1) is 20.1. The van der Waals surface area contributed by atoms with E-state index in [2.05, 4.69) is 10.6 Å². The molecular weight excluding hydrogens is 364 g/mol. The van der Waals surface area contributed by atoms with E-state index in [0.717, 1.165) is 16.7 Å². The fraction of sp³-hybridized carbons (Fsp3) is 0.167. The van der Waals surface area contributed by atoms with Crippen molar-refractivity contribution in [3.8, 4) is 5.75 Å². The van der Waals surface area contributed by atoms with Crippen molar-refractivity contribution in [2.75, 3.05) is 5.32 Å². The van der Waals surface area contributed by atoms with Crippen LogP contribution < -0.4 is 15.4 Å². The molecule has 0 saturated carbocycles. The molecule has 0 aromatic heterocycles. The van der Waals surface area contributed by atoms with Crippen LogP contribution >= 0.6 is 0 Å². The van der Waals surface area contributed by atoms with Gasteiger partial charge in [-0.15, -0.1) is 0 Å². The van der Waals surface area contributed by atoms with Gasteiger partial charge in [-0.1, -0.05) is 60.2 Å². The second-order valence-corrected chi connectivity index (χ2v) is 6.79. The average molecular weight is 388 g/mol. The Morgan fingerprint density at radius 1 is 0.828 bits per heavy atom. The number of nitrogens with one attached hydrogen (secondary N) is 2. The Labute approximate surface area is 170 Å². The normalized spacial score (nSPS) is 10.2. The zero-order chi connectivity index (χ0) is 20.5. The van der Waals surface area contributed by atoms with Crippen molar-refractivity contribution in [1.82, 2.24) is 5.32 Å². The summed E-state index contributed by atoms with van der Waals surface area (Å²) in [4.78, 5) is 24.1. The molecule has 0 atom stereocenters. The Hall–Kier alpha value is -3.60. The van der Waals surface area contributed by atoms with Gasteiger partial charge in [0.2, 0.25) is 11.8 Å². The Bertz CT molecular complexity index is 953. The van der Waals surface area contributed by atoms with E-state index in [4.69, 9.17) is 4.74 Å². The van der Waals surface area contributed by atoms with Crippen molar-refractivity contribution >= 4 is 17.5 Å². The van der Waals surface area contributed by atoms with E-state index in [-0.39, 0.29) is 18.2 Å². The monoisotopic (exact) mass is 388 g/mol. The number of anilines is 1. The molecule has 3 aromatic rings. The first-order chi connectivity index (χ1) is 14.1. The summed E-state index contributed by atoms with van der Waals surface area (Å²) in [5, 5.41) is 5.49. The van der Waals surface area contributed by atoms with Gasteiger partial charge in [0.15, 0.2) is 0 Å². The molecule has 0 spiro atoms. The summed E-state index contributed by atoms with van der Waals surface area (Å²) in [7, 11) is 0. The second kappa shape index (κ2) is 10.1. The van der Waals surface area contributed by atoms with Crippen LogP contribution in [0.3, 0.4) is 0 Å². The molecule has 0 aliphatic heterocycles. The first-order valence-electron chi connectivity index (χ1n) is 9.47. The molecule has 3 aromatic carbocycles. The van der Waals surface area contributed by atoms with Gasteiger partial charge in [-0.05, 0) is 42.3 Å². The van der Waals surface area contributed by atoms with Crippen molar-refractivity contribution in [3.05, 3.63) is 95.6 Å². The molecule has 2 amide bonds. The van der Waals surface area contributed by atoms with Crippen LogP contribution in [0, 0.1) is 6.92 Å². The average Bonchev–Trinajstić information content (AvgIpc) is 2.72. The first-order valence-corrected chi connectivity index (χ1v) is 9.47. The van der Waals surface area contributed by atoms with Gasteiger partial charge in [0.25, 0.3) is 0 Å². The third-order valence-electron chi connectivity index (χ3n) is 4.28. The fourth-order valence-electron chi connectivity index (χ4n) is 2.81. The zero-order valence-corrected chi connectivity index (χ0v) is 16.4. The summed E-state index contributed by atoms with van der Waals surface area (Å²) in [6.07, 6.45) is -0.224. The van der Waals surface area contributed by atoms with Gasteiger partial charge >= 0.3 is 0 Å². The lowest BCUT2D eigenvalue weighted by molar-refractivity contribution is -0.126. The largest absolute Gasteiger partial charge is 0.489 e. The number of hydrogen-bond acceptors (Lipinski definition) is 3. The van der Waals surface area contributed by atoms with E-state index in [9.17, 15) is 9.59 Å². The molecular formula is C24H24N2O3. The van der Waals surface area contributed by atoms with Crippen LogP contribution in [0.2, 0.25) is 0 Å². The van der Waals surface area contributed by atoms with Crippen LogP contribution in [-0.4, -0.2) is 11.8 Å². The molecule has 0 unspecified atom stereocenters. The predicted molar refractivity (Wildman–Crippen MR) is 113 cm³/mol. The molecule has 0 fully saturated rings. The van der Waals surface area contributed by atoms with E-state index in [1.807, 2.05) is 61.5 Å². The molecule has 3 rings (SSSR count). The number of ether oxygens (including phenoxy) is 1. The zero-order valence-electron chi connectivity index (χ0n) is 16.4. The van der Waals surface area contributed by atoms with Gasteiger partial charge < -0.3 is 15.4 Å². The van der Waals surface area contributed by atoms with E-state index < -0.39 is 0 Å². The molecule has 0 aliphatic rings. The number of aryl methyl sites for hydroxylation is 1. The molecule has 0 heterocycles. The number of hydrogen-bond donors (Lipinski definition) is 2. The lowest BCUT2D eigenvalue weighted by Gasteiger charge is -2.09. The van der Waals surface area contributed by atoms with Crippen LogP contribution in [0.4, 0.5) is 5.69 Å². The summed E-state index contributed by atoms with van der Waals surface area (Å²) in [6.45, 7) is 2.88. The summed E-state index contributed by atoms with van der Waals surface area (Å²) >= 11 is 0. The number of carbonyl (C=O) groups is 2. The highest BCUT2D eigenvalue weighted by Crippen LogP contribution is 2.17. The maximum atomic E-state index is 12.1. The quantitative estimate of drug-likeness (QED) is 0.568. The van der Waals surface area contributed by atoms with Crippen molar-refractivity contribution in [1.29, 1.82) is 0 Å². The Balaban J connectivity index is 1.42. The van der Waals surface area contributed by atoms with E-state index in [0.29, 0.717) is 24.6 Å². The standard InChI is InChI=1S/C24H24N2O3/c1-18-6-5-9-20(14-18)16-25-23(27)15-24(28)26-21-10-12-22(13-11-21)29-17-19-7-3-2-4-8-19/h2-14H,15-17H2,1H3,(H,25,27)(H,26,28). The van der Waals surface area contributed by atoms with Crippen molar-refractivity contribution < 1.29 is 14.3 Å². The predicted octanol–water partition coefficient (Wildman–Crippen LogP) is 4.22. The molecule has 0 radical (unpaired) electrons. The Morgan fingerprint density at radius 2 is 1.55 bits per heavy atom. The summed E-state index contributed by atoms with van der Waals surface area (Å²) in [6, 6.07) is 24.9. The number of benzene rings is 3. The number of rotatable bonds is 8. The minimum atomic E-state index is -0.357. The minimum absolute atomic E-state index is 0.224. The molecule has 5 heteroatoms. The van der Waals surface area contributed by atoms with Crippen LogP contribution in [0.15, 0.2) is 78.9 Å². The number of carbonyl (C=O) groups excluding carboxylic acids is 2. The molecule has 2 N–H and O–H groups in total. The van der Waals surface area contributed by atoms with Crippen LogP contribution in [0.25, 0.3) is 0 Å². The third-order valence-corrected chi connectivity index (χ3v) is 4.28. The Morgan fingerprint density at radius 3 is 2.28 bits per heavy atom. The lowest BCUT2D eigenvalue weighted by Crippen LogP contribution is -2.27. The van der Waals surface area contributed by atoms with Crippen LogP contribution in [-0.2, 0) is 22.7 Å². The van der Waals surface area contributed by atoms with Crippen LogP contribution in [0.5, 0.6) is 5.75 Å². The van der Waals surface area contributed by atoms with Crippen LogP contribution in [0.1, 0.15) is 23.1 Å². The Kier molecular flexibility index (Phi) is 7.00. The summed E-state index contributed by atoms with van der Waals surface area (Å²) < 4.78 is 5.72. The SMILES string of the molecule is Cc1cccc(CNC(=O)CC(=O)Nc2ccc(OCc3ccccc3)cc2)c1. The van der Waals surface area contributed by atoms with E-state index in [1.54, 1.807) is 24.3 Å². The minimum Gasteiger partial charge on any atom is -0.489 e. The van der Waals surface area contributed by atoms with Gasteiger partial charge in [-0.3, -0.25) is 9.59 Å². The van der Waals surface area contributed by atoms with E-state index in [1.165, 1.54) is 0 Å². The van der Waals surface area contributed by atoms with Gasteiger partial charge in [0.1, 0.15) is 18.8 Å². The highest BCUT2D eigenvalue weighted by Gasteiger charge is 2.10. The van der Waals surface area contributed by atoms with Gasteiger partial charge in [0, 0.05) is 12.2 Å². The molecule has 0 bridgehead atoms. The maximum absolute atomic E-state index is 12.1. The molecule has 0 aliphatic carbocycles. The van der Waals surface area contributed by atoms with Gasteiger partial charge in [-0.2, -0.15) is 0 Å². The van der Waals surface area contributed by atoms with Gasteiger partial charge in [-0.25, -0.2) is 0 Å². The topological polar surface area (TPSA) is 67.4 Å². The highest BCUT2D eigenvalue weighted by atomic mass is 16.5. The molecule has 29 heavy (non-hydrogen) atoms. The van der Waals surface area contributed by atoms with E-state index >= 15 is 0 Å². The summed E-state index contributed by atoms with van der Waals surface area (Å²) in [5.41, 5.74) is 3.84. The molecule has 0 saturated heterocycles. The smallest absolute Gasteiger partial charge is 0.233 e. The summed E-state index contributed by atoms with van der Waals surface area (Å²) in [5.74, 6) is 0.0410. The van der Waals surface area contributed by atoms with Crippen molar-refractivity contribution in [3.63, 3.8) is 0 Å². The fourth-order valence-corrected chi connectivity index (χ4v) is 2.81.